The fourth-order valence-corrected chi connectivity index (χ4v) is 9.52. The monoisotopic (exact) mass is 691 g/mol. The standard InChI is InChI=1S/C37H49N5O6S/c1-2-27-22-37(27,36(45)41-49(46,47)29-15-16-29)40-33(43)31-21-28-23-42(31)35(44)32(26-11-7-8-12-26)38-18-9-5-3-4-6-10-24-13-14-25-17-19-39-34(48-28)30(25)20-24/h2,13-14,17,19-20,26-29,31-32,38H,1,3-12,15-16,18,21-23H2,(H,40,43)(H,41,45)/t27-,28-,31-,32+,37-/m1/s1. The van der Waals surface area contributed by atoms with Crippen molar-refractivity contribution in [3.63, 3.8) is 0 Å². The number of nitrogens with zero attached hydrogens (tertiary/aromatic N) is 2. The van der Waals surface area contributed by atoms with Gasteiger partial charge in [0.2, 0.25) is 27.7 Å². The van der Waals surface area contributed by atoms with Crippen molar-refractivity contribution in [3.8, 4) is 5.88 Å². The fraction of sp³-hybridized carbons (Fsp3) is 0.622. The number of hydrogen-bond donors (Lipinski definition) is 3. The van der Waals surface area contributed by atoms with E-state index in [2.05, 4.69) is 45.1 Å². The Bertz CT molecular complexity index is 1710. The molecule has 7 rings (SSSR count). The summed E-state index contributed by atoms with van der Waals surface area (Å²) in [5, 5.41) is 7.83. The van der Waals surface area contributed by atoms with E-state index in [1.165, 1.54) is 5.56 Å². The summed E-state index contributed by atoms with van der Waals surface area (Å²) in [5.41, 5.74) is -0.210. The number of ether oxygens (including phenoxy) is 1. The number of benzene rings is 1. The summed E-state index contributed by atoms with van der Waals surface area (Å²) in [6, 6.07) is 7.02. The maximum atomic E-state index is 14.6. The first-order valence-electron chi connectivity index (χ1n) is 18.3. The zero-order valence-electron chi connectivity index (χ0n) is 28.2. The minimum absolute atomic E-state index is 0.127. The van der Waals surface area contributed by atoms with Crippen molar-refractivity contribution in [3.05, 3.63) is 48.7 Å². The number of sulfonamides is 1. The lowest BCUT2D eigenvalue weighted by Crippen LogP contribution is -2.58. The minimum atomic E-state index is -3.82. The number of carbonyl (C=O) groups excluding carboxylic acids is 3. The Morgan fingerprint density at radius 3 is 2.57 bits per heavy atom. The van der Waals surface area contributed by atoms with E-state index in [-0.39, 0.29) is 31.2 Å². The van der Waals surface area contributed by atoms with Crippen LogP contribution in [-0.4, -0.2) is 78.1 Å². The molecular weight excluding hydrogens is 643 g/mol. The van der Waals surface area contributed by atoms with Crippen molar-refractivity contribution in [2.24, 2.45) is 11.8 Å². The molecular formula is C37H49N5O6S. The summed E-state index contributed by atoms with van der Waals surface area (Å²) in [6.45, 7) is 4.74. The van der Waals surface area contributed by atoms with Gasteiger partial charge in [0.1, 0.15) is 17.7 Å². The van der Waals surface area contributed by atoms with Crippen LogP contribution in [-0.2, 0) is 30.8 Å². The highest BCUT2D eigenvalue weighted by Crippen LogP contribution is 2.45. The normalized spacial score (nSPS) is 30.0. The molecule has 1 aromatic carbocycles. The van der Waals surface area contributed by atoms with Gasteiger partial charge >= 0.3 is 0 Å². The Labute approximate surface area is 289 Å². The zero-order valence-corrected chi connectivity index (χ0v) is 29.0. The SMILES string of the molecule is C=C[C@@H]1C[C@]1(NC(=O)[C@H]1C[C@@H]2CN1C(=O)[C@H](C1CCCC1)NCCCCCCCc1ccc3ccnc(c3c1)O2)C(=O)NS(=O)(=O)C1CC1. The Kier molecular flexibility index (Phi) is 9.71. The summed E-state index contributed by atoms with van der Waals surface area (Å²) in [7, 11) is -3.82. The van der Waals surface area contributed by atoms with Crippen LogP contribution in [0, 0.1) is 11.8 Å². The van der Waals surface area contributed by atoms with Crippen LogP contribution in [0.15, 0.2) is 43.1 Å². The molecule has 3 N–H and O–H groups in total. The third kappa shape index (κ3) is 7.22. The highest BCUT2D eigenvalue weighted by Gasteiger charge is 2.62. The van der Waals surface area contributed by atoms with Crippen molar-refractivity contribution in [2.45, 2.75) is 119 Å². The largest absolute Gasteiger partial charge is 0.472 e. The summed E-state index contributed by atoms with van der Waals surface area (Å²) >= 11 is 0. The third-order valence-electron chi connectivity index (χ3n) is 11.3. The molecule has 4 bridgehead atoms. The molecule has 2 aliphatic heterocycles. The second kappa shape index (κ2) is 14.0. The first-order valence-corrected chi connectivity index (χ1v) is 19.8. The van der Waals surface area contributed by atoms with Gasteiger partial charge in [-0.1, -0.05) is 50.3 Å². The van der Waals surface area contributed by atoms with Gasteiger partial charge in [-0.3, -0.25) is 19.1 Å². The van der Waals surface area contributed by atoms with E-state index in [0.717, 1.165) is 81.5 Å². The summed E-state index contributed by atoms with van der Waals surface area (Å²) in [5.74, 6) is -1.14. The average Bonchev–Trinajstić information content (AvgIpc) is 3.96. The number of aromatic nitrogens is 1. The minimum Gasteiger partial charge on any atom is -0.472 e. The van der Waals surface area contributed by atoms with E-state index in [9.17, 15) is 22.8 Å². The van der Waals surface area contributed by atoms with Crippen LogP contribution in [0.1, 0.15) is 89.0 Å². The first-order chi connectivity index (χ1) is 23.7. The van der Waals surface area contributed by atoms with E-state index in [1.54, 1.807) is 17.2 Å². The second-order valence-corrected chi connectivity index (χ2v) is 16.8. The Hall–Kier alpha value is -3.51. The molecule has 2 aromatic rings. The average molecular weight is 692 g/mol. The molecule has 264 valence electrons. The van der Waals surface area contributed by atoms with E-state index >= 15 is 0 Å². The van der Waals surface area contributed by atoms with Crippen LogP contribution < -0.4 is 20.1 Å². The third-order valence-corrected chi connectivity index (χ3v) is 13.1. The second-order valence-electron chi connectivity index (χ2n) is 14.8. The van der Waals surface area contributed by atoms with Crippen LogP contribution >= 0.6 is 0 Å². The molecule has 0 spiro atoms. The topological polar surface area (TPSA) is 147 Å². The van der Waals surface area contributed by atoms with E-state index in [1.807, 2.05) is 6.07 Å². The van der Waals surface area contributed by atoms with E-state index in [4.69, 9.17) is 4.74 Å². The van der Waals surface area contributed by atoms with Crippen molar-refractivity contribution in [2.75, 3.05) is 13.1 Å². The summed E-state index contributed by atoms with van der Waals surface area (Å²) < 4.78 is 34.2. The van der Waals surface area contributed by atoms with Gasteiger partial charge in [0.25, 0.3) is 5.91 Å². The van der Waals surface area contributed by atoms with Crippen molar-refractivity contribution in [1.82, 2.24) is 25.2 Å². The maximum Gasteiger partial charge on any atom is 0.259 e. The number of carbonyl (C=O) groups is 3. The van der Waals surface area contributed by atoms with Gasteiger partial charge in [-0.05, 0) is 86.9 Å². The highest BCUT2D eigenvalue weighted by molar-refractivity contribution is 7.91. The lowest BCUT2D eigenvalue weighted by molar-refractivity contribution is -0.142. The number of hydrogen-bond acceptors (Lipinski definition) is 8. The van der Waals surface area contributed by atoms with Crippen molar-refractivity contribution < 1.29 is 27.5 Å². The molecule has 5 aliphatic rings. The van der Waals surface area contributed by atoms with Gasteiger partial charge in [-0.2, -0.15) is 0 Å². The van der Waals surface area contributed by atoms with Crippen LogP contribution in [0.2, 0.25) is 0 Å². The van der Waals surface area contributed by atoms with Crippen LogP contribution in [0.25, 0.3) is 10.8 Å². The van der Waals surface area contributed by atoms with Crippen molar-refractivity contribution >= 4 is 38.5 Å². The molecule has 11 nitrogen and oxygen atoms in total. The molecule has 3 saturated carbocycles. The van der Waals surface area contributed by atoms with Crippen molar-refractivity contribution in [1.29, 1.82) is 0 Å². The molecule has 3 aliphatic carbocycles. The summed E-state index contributed by atoms with van der Waals surface area (Å²) in [6.07, 6.45) is 14.7. The van der Waals surface area contributed by atoms with Gasteiger partial charge in [0, 0.05) is 23.9 Å². The van der Waals surface area contributed by atoms with Gasteiger partial charge in [0.15, 0.2) is 0 Å². The molecule has 5 atom stereocenters. The number of amides is 3. The molecule has 0 radical (unpaired) electrons. The predicted molar refractivity (Wildman–Crippen MR) is 186 cm³/mol. The first kappa shape index (κ1) is 34.0. The molecule has 1 aromatic heterocycles. The number of nitrogens with one attached hydrogen (secondary N) is 3. The maximum absolute atomic E-state index is 14.6. The summed E-state index contributed by atoms with van der Waals surface area (Å²) in [4.78, 5) is 48.5. The zero-order chi connectivity index (χ0) is 34.2. The quantitative estimate of drug-likeness (QED) is 0.371. The molecule has 3 heterocycles. The molecule has 4 fully saturated rings. The Balaban J connectivity index is 1.18. The number of fused-ring (bicyclic) bond motifs is 3. The van der Waals surface area contributed by atoms with Crippen LogP contribution in [0.3, 0.4) is 0 Å². The molecule has 12 heteroatoms. The van der Waals surface area contributed by atoms with Gasteiger partial charge in [0.05, 0.1) is 17.8 Å². The van der Waals surface area contributed by atoms with Gasteiger partial charge in [-0.25, -0.2) is 13.4 Å². The molecule has 49 heavy (non-hydrogen) atoms. The highest BCUT2D eigenvalue weighted by atomic mass is 32.2. The van der Waals surface area contributed by atoms with E-state index < -0.39 is 56.7 Å². The van der Waals surface area contributed by atoms with Gasteiger partial charge in [-0.15, -0.1) is 6.58 Å². The Morgan fingerprint density at radius 1 is 1.04 bits per heavy atom. The van der Waals surface area contributed by atoms with Crippen LogP contribution in [0.5, 0.6) is 5.88 Å². The predicted octanol–water partition coefficient (Wildman–Crippen LogP) is 3.91. The lowest BCUT2D eigenvalue weighted by atomic mass is 9.96. The number of rotatable bonds is 7. The fourth-order valence-electron chi connectivity index (χ4n) is 8.16. The molecule has 1 saturated heterocycles. The number of aryl methyl sites for hydroxylation is 1. The van der Waals surface area contributed by atoms with E-state index in [0.29, 0.717) is 18.7 Å². The van der Waals surface area contributed by atoms with Crippen LogP contribution in [0.4, 0.5) is 0 Å². The molecule has 0 unspecified atom stereocenters. The number of pyridine rings is 1. The lowest BCUT2D eigenvalue weighted by Gasteiger charge is -2.32. The Morgan fingerprint density at radius 2 is 1.82 bits per heavy atom. The smallest absolute Gasteiger partial charge is 0.259 e. The van der Waals surface area contributed by atoms with Gasteiger partial charge < -0.3 is 20.3 Å². The molecule has 3 amide bonds.